The number of nitrogens with two attached hydrogens (primary N) is 1. The number of amides is 1. The van der Waals surface area contributed by atoms with Crippen molar-refractivity contribution in [2.45, 2.75) is 13.3 Å². The minimum absolute atomic E-state index is 0.342. The van der Waals surface area contributed by atoms with Gasteiger partial charge in [-0.3, -0.25) is 4.79 Å². The van der Waals surface area contributed by atoms with Crippen molar-refractivity contribution < 1.29 is 14.3 Å². The number of ether oxygens (including phenoxy) is 1. The van der Waals surface area contributed by atoms with Gasteiger partial charge in [0.15, 0.2) is 0 Å². The van der Waals surface area contributed by atoms with E-state index in [0.29, 0.717) is 24.2 Å². The maximum absolute atomic E-state index is 11.4. The number of carbonyl (C=O) groups excluding carboxylic acids is 2. The molecule has 0 radical (unpaired) electrons. The van der Waals surface area contributed by atoms with Crippen molar-refractivity contribution in [1.82, 2.24) is 0 Å². The molecule has 0 heterocycles. The molecule has 4 heteroatoms. The van der Waals surface area contributed by atoms with Gasteiger partial charge in [-0.05, 0) is 24.6 Å². The Balaban J connectivity index is 2.71. The second kappa shape index (κ2) is 5.84. The van der Waals surface area contributed by atoms with Crippen LogP contribution in [-0.2, 0) is 16.0 Å². The fourth-order valence-electron chi connectivity index (χ4n) is 1.31. The topological polar surface area (TPSA) is 69.4 Å². The van der Waals surface area contributed by atoms with Crippen molar-refractivity contribution in [2.75, 3.05) is 6.61 Å². The van der Waals surface area contributed by atoms with E-state index in [2.05, 4.69) is 6.58 Å². The second-order valence-electron chi connectivity index (χ2n) is 3.56. The standard InChI is InChI=1S/C13H15NO3/c1-3-17-13(16)11-6-4-10(5-7-11)8-9(2)12(14)15/h4-7H,2-3,8H2,1H3,(H2,14,15). The molecule has 17 heavy (non-hydrogen) atoms. The number of benzene rings is 1. The summed E-state index contributed by atoms with van der Waals surface area (Å²) in [6, 6.07) is 6.81. The number of carbonyl (C=O) groups is 2. The van der Waals surface area contributed by atoms with Gasteiger partial charge >= 0.3 is 5.97 Å². The Kier molecular flexibility index (Phi) is 4.46. The summed E-state index contributed by atoms with van der Waals surface area (Å²) in [5.41, 5.74) is 6.79. The average molecular weight is 233 g/mol. The van der Waals surface area contributed by atoms with E-state index >= 15 is 0 Å². The van der Waals surface area contributed by atoms with Crippen LogP contribution in [-0.4, -0.2) is 18.5 Å². The average Bonchev–Trinajstić information content (AvgIpc) is 2.30. The monoisotopic (exact) mass is 233 g/mol. The molecule has 0 saturated heterocycles. The van der Waals surface area contributed by atoms with E-state index in [-0.39, 0.29) is 5.97 Å². The van der Waals surface area contributed by atoms with Crippen LogP contribution in [0.25, 0.3) is 0 Å². The van der Waals surface area contributed by atoms with Gasteiger partial charge in [0.2, 0.25) is 5.91 Å². The Morgan fingerprint density at radius 1 is 1.29 bits per heavy atom. The molecule has 1 rings (SSSR count). The van der Waals surface area contributed by atoms with E-state index in [1.165, 1.54) is 0 Å². The van der Waals surface area contributed by atoms with Gasteiger partial charge in [-0.15, -0.1) is 0 Å². The zero-order valence-electron chi connectivity index (χ0n) is 9.73. The highest BCUT2D eigenvalue weighted by Gasteiger charge is 2.07. The highest BCUT2D eigenvalue weighted by Crippen LogP contribution is 2.09. The van der Waals surface area contributed by atoms with E-state index in [4.69, 9.17) is 10.5 Å². The number of primary amides is 1. The van der Waals surface area contributed by atoms with Crippen molar-refractivity contribution in [3.8, 4) is 0 Å². The molecular weight excluding hydrogens is 218 g/mol. The minimum atomic E-state index is -0.514. The maximum Gasteiger partial charge on any atom is 0.338 e. The highest BCUT2D eigenvalue weighted by molar-refractivity contribution is 5.92. The van der Waals surface area contributed by atoms with E-state index < -0.39 is 5.91 Å². The lowest BCUT2D eigenvalue weighted by Crippen LogP contribution is -2.14. The first-order valence-corrected chi connectivity index (χ1v) is 5.28. The van der Waals surface area contributed by atoms with Gasteiger partial charge in [0.05, 0.1) is 12.2 Å². The summed E-state index contributed by atoms with van der Waals surface area (Å²) in [6.07, 6.45) is 0.387. The summed E-state index contributed by atoms with van der Waals surface area (Å²) in [5.74, 6) is -0.868. The largest absolute Gasteiger partial charge is 0.462 e. The Bertz CT molecular complexity index is 434. The van der Waals surface area contributed by atoms with E-state index in [9.17, 15) is 9.59 Å². The summed E-state index contributed by atoms with van der Waals surface area (Å²) in [7, 11) is 0. The van der Waals surface area contributed by atoms with Crippen LogP contribution in [0.3, 0.4) is 0 Å². The zero-order valence-corrected chi connectivity index (χ0v) is 9.73. The molecule has 0 aliphatic heterocycles. The van der Waals surface area contributed by atoms with Crippen LogP contribution in [0.4, 0.5) is 0 Å². The molecule has 1 aromatic carbocycles. The normalized spacial score (nSPS) is 9.71. The lowest BCUT2D eigenvalue weighted by atomic mass is 10.0. The van der Waals surface area contributed by atoms with Gasteiger partial charge in [0.25, 0.3) is 0 Å². The Morgan fingerprint density at radius 2 is 1.88 bits per heavy atom. The fraction of sp³-hybridized carbons (Fsp3) is 0.231. The van der Waals surface area contributed by atoms with Crippen LogP contribution >= 0.6 is 0 Å². The van der Waals surface area contributed by atoms with Crippen molar-refractivity contribution >= 4 is 11.9 Å². The molecule has 0 saturated carbocycles. The molecule has 1 amide bonds. The number of hydrogen-bond acceptors (Lipinski definition) is 3. The van der Waals surface area contributed by atoms with Crippen LogP contribution < -0.4 is 5.73 Å². The predicted molar refractivity (Wildman–Crippen MR) is 64.4 cm³/mol. The lowest BCUT2D eigenvalue weighted by Gasteiger charge is -2.04. The third-order valence-corrected chi connectivity index (χ3v) is 2.23. The van der Waals surface area contributed by atoms with E-state index in [0.717, 1.165) is 5.56 Å². The first-order chi connectivity index (χ1) is 8.04. The molecule has 0 fully saturated rings. The van der Waals surface area contributed by atoms with Crippen LogP contribution in [0.5, 0.6) is 0 Å². The molecule has 0 aliphatic rings. The van der Waals surface area contributed by atoms with Gasteiger partial charge in [-0.1, -0.05) is 18.7 Å². The molecule has 0 bridgehead atoms. The Morgan fingerprint density at radius 3 is 2.35 bits per heavy atom. The van der Waals surface area contributed by atoms with Gasteiger partial charge in [-0.25, -0.2) is 4.79 Å². The zero-order chi connectivity index (χ0) is 12.8. The highest BCUT2D eigenvalue weighted by atomic mass is 16.5. The van der Waals surface area contributed by atoms with Crippen LogP contribution in [0.15, 0.2) is 36.4 Å². The molecule has 4 nitrogen and oxygen atoms in total. The summed E-state index contributed by atoms with van der Waals surface area (Å²) in [5, 5.41) is 0. The third-order valence-electron chi connectivity index (χ3n) is 2.23. The molecule has 2 N–H and O–H groups in total. The molecule has 0 aliphatic carbocycles. The van der Waals surface area contributed by atoms with Gasteiger partial charge in [0.1, 0.15) is 0 Å². The predicted octanol–water partition coefficient (Wildman–Crippen LogP) is 1.45. The molecule has 0 unspecified atom stereocenters. The summed E-state index contributed by atoms with van der Waals surface area (Å²) >= 11 is 0. The summed E-state index contributed by atoms with van der Waals surface area (Å²) in [4.78, 5) is 22.2. The Labute approximate surface area is 100 Å². The minimum Gasteiger partial charge on any atom is -0.462 e. The van der Waals surface area contributed by atoms with Crippen LogP contribution in [0.1, 0.15) is 22.8 Å². The molecular formula is C13H15NO3. The molecule has 90 valence electrons. The van der Waals surface area contributed by atoms with Crippen LogP contribution in [0, 0.1) is 0 Å². The maximum atomic E-state index is 11.4. The second-order valence-corrected chi connectivity index (χ2v) is 3.56. The first kappa shape index (κ1) is 13.0. The lowest BCUT2D eigenvalue weighted by molar-refractivity contribution is -0.114. The van der Waals surface area contributed by atoms with Crippen molar-refractivity contribution in [3.05, 3.63) is 47.5 Å². The summed E-state index contributed by atoms with van der Waals surface area (Å²) in [6.45, 7) is 5.67. The molecule has 0 atom stereocenters. The van der Waals surface area contributed by atoms with Crippen molar-refractivity contribution in [2.24, 2.45) is 5.73 Å². The van der Waals surface area contributed by atoms with Crippen LogP contribution in [0.2, 0.25) is 0 Å². The van der Waals surface area contributed by atoms with Crippen molar-refractivity contribution in [1.29, 1.82) is 0 Å². The van der Waals surface area contributed by atoms with Gasteiger partial charge < -0.3 is 10.5 Å². The number of esters is 1. The smallest absolute Gasteiger partial charge is 0.338 e. The Hall–Kier alpha value is -2.10. The van der Waals surface area contributed by atoms with Gasteiger partial charge in [0, 0.05) is 12.0 Å². The number of hydrogen-bond donors (Lipinski definition) is 1. The van der Waals surface area contributed by atoms with E-state index in [1.807, 2.05) is 0 Å². The quantitative estimate of drug-likeness (QED) is 0.618. The third kappa shape index (κ3) is 3.75. The molecule has 0 spiro atoms. The van der Waals surface area contributed by atoms with Crippen molar-refractivity contribution in [3.63, 3.8) is 0 Å². The fourth-order valence-corrected chi connectivity index (χ4v) is 1.31. The first-order valence-electron chi connectivity index (χ1n) is 5.28. The van der Waals surface area contributed by atoms with E-state index in [1.54, 1.807) is 31.2 Å². The molecule has 0 aromatic heterocycles. The SMILES string of the molecule is C=C(Cc1ccc(C(=O)OCC)cc1)C(N)=O. The summed E-state index contributed by atoms with van der Waals surface area (Å²) < 4.78 is 4.86. The van der Waals surface area contributed by atoms with Gasteiger partial charge in [-0.2, -0.15) is 0 Å². The molecule has 1 aromatic rings. The number of rotatable bonds is 5.